The molecule has 0 bridgehead atoms. The summed E-state index contributed by atoms with van der Waals surface area (Å²) in [6.07, 6.45) is 5.47. The molecule has 40 heavy (non-hydrogen) atoms. The van der Waals surface area contributed by atoms with Gasteiger partial charge in [0.05, 0.1) is 16.6 Å². The van der Waals surface area contributed by atoms with E-state index in [0.29, 0.717) is 51.5 Å². The number of likely N-dealkylation sites (N-methyl/N-ethyl adjacent to an activating group) is 1. The number of hydrogen-bond acceptors (Lipinski definition) is 4. The van der Waals surface area contributed by atoms with Crippen LogP contribution in [-0.4, -0.2) is 54.0 Å². The molecule has 3 aliphatic heterocycles. The maximum absolute atomic E-state index is 14.8. The maximum Gasteiger partial charge on any atom is 0.310 e. The van der Waals surface area contributed by atoms with Crippen LogP contribution < -0.4 is 9.80 Å². The van der Waals surface area contributed by atoms with Crippen LogP contribution in [0.1, 0.15) is 44.1 Å². The van der Waals surface area contributed by atoms with Crippen molar-refractivity contribution < 1.29 is 19.5 Å². The van der Waals surface area contributed by atoms with E-state index in [4.69, 9.17) is 46.4 Å². The third-order valence-electron chi connectivity index (χ3n) is 9.27. The van der Waals surface area contributed by atoms with Gasteiger partial charge in [0.2, 0.25) is 5.91 Å². The molecule has 7 nitrogen and oxygen atoms in total. The van der Waals surface area contributed by atoms with Crippen molar-refractivity contribution in [2.75, 3.05) is 29.9 Å². The van der Waals surface area contributed by atoms with Crippen LogP contribution in [0.2, 0.25) is 20.1 Å². The molecule has 212 valence electrons. The topological polar surface area (TPSA) is 81.2 Å². The SMILES string of the molecule is CN1C(=O)C2(c3cc(Cl)cc(Cl)c31)[C@H](C(=O)O)[C@H](C(=O)N(CC1CCCC1)c1cc(Cl)cc(Cl)c1)C1CCCN12. The van der Waals surface area contributed by atoms with E-state index in [1.54, 1.807) is 42.3 Å². The predicted octanol–water partition coefficient (Wildman–Crippen LogP) is 6.49. The summed E-state index contributed by atoms with van der Waals surface area (Å²) in [5, 5.41) is 12.2. The number of hydrogen-bond donors (Lipinski definition) is 1. The van der Waals surface area contributed by atoms with Gasteiger partial charge in [-0.25, -0.2) is 0 Å². The third kappa shape index (κ3) is 4.15. The molecule has 11 heteroatoms. The number of benzene rings is 2. The van der Waals surface area contributed by atoms with Crippen LogP contribution in [-0.2, 0) is 19.9 Å². The molecule has 2 aromatic rings. The Balaban J connectivity index is 1.52. The number of rotatable bonds is 5. The smallest absolute Gasteiger partial charge is 0.310 e. The van der Waals surface area contributed by atoms with Crippen LogP contribution in [0, 0.1) is 17.8 Å². The number of anilines is 2. The lowest BCUT2D eigenvalue weighted by molar-refractivity contribution is -0.152. The molecule has 2 saturated heterocycles. The van der Waals surface area contributed by atoms with E-state index >= 15 is 0 Å². The average molecular weight is 625 g/mol. The molecule has 3 fully saturated rings. The molecule has 1 aliphatic carbocycles. The van der Waals surface area contributed by atoms with Crippen LogP contribution in [0.25, 0.3) is 0 Å². The van der Waals surface area contributed by atoms with Crippen molar-refractivity contribution in [3.8, 4) is 0 Å². The summed E-state index contributed by atoms with van der Waals surface area (Å²) in [5.74, 6) is -4.00. The second-order valence-corrected chi connectivity index (χ2v) is 13.1. The minimum atomic E-state index is -1.60. The molecule has 0 radical (unpaired) electrons. The van der Waals surface area contributed by atoms with Crippen molar-refractivity contribution in [2.45, 2.75) is 50.1 Å². The van der Waals surface area contributed by atoms with Crippen molar-refractivity contribution in [1.29, 1.82) is 0 Å². The fourth-order valence-corrected chi connectivity index (χ4v) is 8.94. The highest BCUT2D eigenvalue weighted by molar-refractivity contribution is 6.38. The van der Waals surface area contributed by atoms with Crippen LogP contribution in [0.15, 0.2) is 30.3 Å². The minimum absolute atomic E-state index is 0.265. The summed E-state index contributed by atoms with van der Waals surface area (Å²) in [4.78, 5) is 47.3. The van der Waals surface area contributed by atoms with E-state index < -0.39 is 35.3 Å². The van der Waals surface area contributed by atoms with Gasteiger partial charge in [0.1, 0.15) is 11.5 Å². The normalized spacial score (nSPS) is 28.0. The van der Waals surface area contributed by atoms with Gasteiger partial charge in [-0.3, -0.25) is 19.3 Å². The Hall–Kier alpha value is -2.03. The molecule has 1 spiro atoms. The third-order valence-corrected chi connectivity index (χ3v) is 10.2. The number of halogens is 4. The highest BCUT2D eigenvalue weighted by Gasteiger charge is 2.72. The van der Waals surface area contributed by atoms with Gasteiger partial charge < -0.3 is 14.9 Å². The molecule has 6 rings (SSSR count). The first-order chi connectivity index (χ1) is 19.0. The van der Waals surface area contributed by atoms with Gasteiger partial charge in [0.25, 0.3) is 5.91 Å². The zero-order valence-corrected chi connectivity index (χ0v) is 24.9. The second kappa shape index (κ2) is 10.4. The fourth-order valence-electron chi connectivity index (χ4n) is 7.80. The molecule has 2 aromatic carbocycles. The van der Waals surface area contributed by atoms with Crippen LogP contribution in [0.4, 0.5) is 11.4 Å². The number of carboxylic acid groups (broad SMARTS) is 1. The second-order valence-electron chi connectivity index (χ2n) is 11.4. The Bertz CT molecular complexity index is 1390. The first-order valence-electron chi connectivity index (χ1n) is 13.6. The van der Waals surface area contributed by atoms with Crippen molar-refractivity contribution in [2.24, 2.45) is 17.8 Å². The Morgan fingerprint density at radius 2 is 1.62 bits per heavy atom. The lowest BCUT2D eigenvalue weighted by Gasteiger charge is -2.36. The van der Waals surface area contributed by atoms with Gasteiger partial charge in [-0.15, -0.1) is 0 Å². The van der Waals surface area contributed by atoms with Crippen LogP contribution in [0.5, 0.6) is 0 Å². The molecule has 4 aliphatic rings. The fraction of sp³-hybridized carbons (Fsp3) is 0.483. The number of amides is 2. The van der Waals surface area contributed by atoms with Gasteiger partial charge in [-0.2, -0.15) is 0 Å². The molecule has 4 atom stereocenters. The van der Waals surface area contributed by atoms with Crippen molar-refractivity contribution >= 4 is 75.6 Å². The van der Waals surface area contributed by atoms with Gasteiger partial charge in [0, 0.05) is 46.0 Å². The molecular weight excluding hydrogens is 596 g/mol. The predicted molar refractivity (Wildman–Crippen MR) is 157 cm³/mol. The van der Waals surface area contributed by atoms with E-state index in [9.17, 15) is 19.5 Å². The Labute approximate surface area is 252 Å². The number of carbonyl (C=O) groups is 3. The maximum atomic E-state index is 14.8. The molecule has 1 N–H and O–H groups in total. The minimum Gasteiger partial charge on any atom is -0.481 e. The molecule has 3 heterocycles. The number of aliphatic carboxylic acids is 1. The van der Waals surface area contributed by atoms with E-state index in [0.717, 1.165) is 32.1 Å². The lowest BCUT2D eigenvalue weighted by Crippen LogP contribution is -2.55. The molecule has 0 aromatic heterocycles. The first kappa shape index (κ1) is 28.1. The zero-order chi connectivity index (χ0) is 28.5. The molecule has 1 saturated carbocycles. The first-order valence-corrected chi connectivity index (χ1v) is 15.1. The molecule has 2 amide bonds. The Kier molecular flexibility index (Phi) is 7.28. The van der Waals surface area contributed by atoms with Crippen LogP contribution in [0.3, 0.4) is 0 Å². The Morgan fingerprint density at radius 1 is 0.975 bits per heavy atom. The summed E-state index contributed by atoms with van der Waals surface area (Å²) >= 11 is 25.7. The summed E-state index contributed by atoms with van der Waals surface area (Å²) in [7, 11) is 1.59. The van der Waals surface area contributed by atoms with Gasteiger partial charge in [-0.05, 0) is 68.5 Å². The largest absolute Gasteiger partial charge is 0.481 e. The number of carboxylic acids is 1. The van der Waals surface area contributed by atoms with Gasteiger partial charge in [-0.1, -0.05) is 59.2 Å². The van der Waals surface area contributed by atoms with E-state index in [-0.39, 0.29) is 16.8 Å². The van der Waals surface area contributed by atoms with Crippen LogP contribution >= 0.6 is 46.4 Å². The van der Waals surface area contributed by atoms with E-state index in [1.807, 2.05) is 4.90 Å². The zero-order valence-electron chi connectivity index (χ0n) is 21.9. The number of carbonyl (C=O) groups excluding carboxylic acids is 2. The summed E-state index contributed by atoms with van der Waals surface area (Å²) in [6.45, 7) is 0.910. The standard InChI is InChI=1S/C29H29Cl4N3O4/c1-34-25-20(12-18(32)13-21(25)33)29(28(34)40)24(27(38)39)23(22-7-4-8-36(22)29)26(37)35(14-15-5-2-3-6-15)19-10-16(30)9-17(31)11-19/h9-13,15,22-24H,2-8,14H2,1H3,(H,38,39)/t22?,23-,24+,29?/m1/s1. The van der Waals surface area contributed by atoms with Crippen molar-refractivity contribution in [1.82, 2.24) is 4.90 Å². The highest BCUT2D eigenvalue weighted by atomic mass is 35.5. The van der Waals surface area contributed by atoms with Crippen molar-refractivity contribution in [3.05, 3.63) is 56.0 Å². The van der Waals surface area contributed by atoms with Crippen molar-refractivity contribution in [3.63, 3.8) is 0 Å². The Morgan fingerprint density at radius 3 is 2.27 bits per heavy atom. The molecular formula is C29H29Cl4N3O4. The van der Waals surface area contributed by atoms with Gasteiger partial charge in [0.15, 0.2) is 0 Å². The number of fused-ring (bicyclic) bond motifs is 4. The summed E-state index contributed by atoms with van der Waals surface area (Å²) < 4.78 is 0. The summed E-state index contributed by atoms with van der Waals surface area (Å²) in [6, 6.07) is 7.72. The highest BCUT2D eigenvalue weighted by Crippen LogP contribution is 2.61. The average Bonchev–Trinajstić information content (AvgIpc) is 3.64. The van der Waals surface area contributed by atoms with E-state index in [2.05, 4.69) is 0 Å². The van der Waals surface area contributed by atoms with E-state index in [1.165, 1.54) is 4.90 Å². The van der Waals surface area contributed by atoms with Gasteiger partial charge >= 0.3 is 5.97 Å². The summed E-state index contributed by atoms with van der Waals surface area (Å²) in [5.41, 5.74) is -0.187. The quantitative estimate of drug-likeness (QED) is 0.411. The molecule has 2 unspecified atom stereocenters. The lowest BCUT2D eigenvalue weighted by atomic mass is 9.73. The number of nitrogens with zero attached hydrogens (tertiary/aromatic N) is 3. The monoisotopic (exact) mass is 623 g/mol.